The van der Waals surface area contributed by atoms with Crippen LogP contribution in [0, 0.1) is 16.0 Å². The number of anilines is 2. The molecule has 0 saturated heterocycles. The predicted molar refractivity (Wildman–Crippen MR) is 93.5 cm³/mol. The van der Waals surface area contributed by atoms with Crippen molar-refractivity contribution in [2.45, 2.75) is 32.1 Å². The molecule has 1 atom stereocenters. The van der Waals surface area contributed by atoms with E-state index < -0.39 is 4.92 Å². The smallest absolute Gasteiger partial charge is 0.269 e. The van der Waals surface area contributed by atoms with E-state index in [9.17, 15) is 14.9 Å². The van der Waals surface area contributed by atoms with Crippen LogP contribution in [0.3, 0.4) is 0 Å². The van der Waals surface area contributed by atoms with Gasteiger partial charge in [0.25, 0.3) is 5.69 Å². The van der Waals surface area contributed by atoms with Crippen molar-refractivity contribution >= 4 is 22.8 Å². The maximum Gasteiger partial charge on any atom is 0.269 e. The molecule has 2 aromatic carbocycles. The maximum atomic E-state index is 12.1. The number of nitrogens with zero attached hydrogens (tertiary/aromatic N) is 1. The fourth-order valence-corrected chi connectivity index (χ4v) is 3.18. The normalized spacial score (nSPS) is 17.5. The van der Waals surface area contributed by atoms with Crippen molar-refractivity contribution in [1.29, 1.82) is 0 Å². The average molecular weight is 324 g/mol. The summed E-state index contributed by atoms with van der Waals surface area (Å²) in [5.74, 6) is 0.477. The lowest BCUT2D eigenvalue weighted by molar-refractivity contribution is -0.384. The molecule has 124 valence electrons. The molecule has 1 fully saturated rings. The number of Topliss-reactive ketones (excluding diaryl/α,β-unsaturated/α-hetero) is 1. The van der Waals surface area contributed by atoms with Gasteiger partial charge in [-0.3, -0.25) is 14.9 Å². The van der Waals surface area contributed by atoms with Crippen molar-refractivity contribution in [3.63, 3.8) is 0 Å². The molecular weight excluding hydrogens is 304 g/mol. The van der Waals surface area contributed by atoms with Crippen molar-refractivity contribution in [2.24, 2.45) is 5.92 Å². The number of benzene rings is 2. The summed E-state index contributed by atoms with van der Waals surface area (Å²) in [4.78, 5) is 22.4. The minimum Gasteiger partial charge on any atom is -0.355 e. The van der Waals surface area contributed by atoms with E-state index in [1.807, 2.05) is 24.3 Å². The Bertz CT molecular complexity index is 741. The minimum absolute atomic E-state index is 0.0710. The summed E-state index contributed by atoms with van der Waals surface area (Å²) in [6.07, 6.45) is 4.54. The summed E-state index contributed by atoms with van der Waals surface area (Å²) in [6.45, 7) is 0. The minimum atomic E-state index is -0.410. The van der Waals surface area contributed by atoms with Crippen LogP contribution in [-0.4, -0.2) is 10.7 Å². The van der Waals surface area contributed by atoms with E-state index in [2.05, 4.69) is 5.32 Å². The van der Waals surface area contributed by atoms with Crippen LogP contribution in [0.15, 0.2) is 48.5 Å². The molecule has 1 unspecified atom stereocenters. The number of carbonyl (C=O) groups excluding carboxylic acids is 1. The number of hydrogen-bond donors (Lipinski definition) is 1. The summed E-state index contributed by atoms with van der Waals surface area (Å²) in [5.41, 5.74) is 2.92. The first kappa shape index (κ1) is 16.2. The van der Waals surface area contributed by atoms with Gasteiger partial charge in [-0.1, -0.05) is 24.6 Å². The molecule has 0 radical (unpaired) electrons. The van der Waals surface area contributed by atoms with E-state index in [4.69, 9.17) is 0 Å². The molecule has 0 aliphatic heterocycles. The van der Waals surface area contributed by atoms with Gasteiger partial charge >= 0.3 is 0 Å². The number of hydrogen-bond acceptors (Lipinski definition) is 4. The van der Waals surface area contributed by atoms with E-state index in [1.54, 1.807) is 12.1 Å². The molecule has 5 nitrogen and oxygen atoms in total. The highest BCUT2D eigenvalue weighted by Crippen LogP contribution is 2.29. The molecule has 1 N–H and O–H groups in total. The third kappa shape index (κ3) is 3.79. The standard InChI is InChI=1S/C19H20N2O3/c22-19-8-4-2-6-15(19)13-14-5-1-3-7-18(14)20-16-9-11-17(12-10-16)21(23)24/h1,3,5,7,9-12,15,20H,2,4,6,8,13H2. The van der Waals surface area contributed by atoms with E-state index in [1.165, 1.54) is 12.1 Å². The number of carbonyl (C=O) groups is 1. The highest BCUT2D eigenvalue weighted by Gasteiger charge is 2.23. The van der Waals surface area contributed by atoms with Gasteiger partial charge in [0.15, 0.2) is 0 Å². The molecule has 5 heteroatoms. The first-order valence-corrected chi connectivity index (χ1v) is 8.25. The van der Waals surface area contributed by atoms with Gasteiger partial charge in [-0.05, 0) is 43.0 Å². The molecule has 1 saturated carbocycles. The summed E-state index contributed by atoms with van der Waals surface area (Å²) in [5, 5.41) is 14.0. The number of nitro benzene ring substituents is 1. The van der Waals surface area contributed by atoms with Gasteiger partial charge < -0.3 is 5.32 Å². The molecule has 0 amide bonds. The first-order valence-electron chi connectivity index (χ1n) is 8.25. The Labute approximate surface area is 140 Å². The fourth-order valence-electron chi connectivity index (χ4n) is 3.18. The van der Waals surface area contributed by atoms with Gasteiger partial charge in [0.05, 0.1) is 4.92 Å². The molecule has 3 rings (SSSR count). The molecule has 1 aliphatic rings. The zero-order valence-corrected chi connectivity index (χ0v) is 13.4. The second kappa shape index (κ2) is 7.25. The largest absolute Gasteiger partial charge is 0.355 e. The monoisotopic (exact) mass is 324 g/mol. The van der Waals surface area contributed by atoms with Gasteiger partial charge in [0.2, 0.25) is 0 Å². The number of non-ortho nitro benzene ring substituents is 1. The molecule has 0 aromatic heterocycles. The molecule has 0 heterocycles. The third-order valence-corrected chi connectivity index (χ3v) is 4.52. The Morgan fingerprint density at radius 3 is 2.54 bits per heavy atom. The molecule has 24 heavy (non-hydrogen) atoms. The molecule has 0 spiro atoms. The highest BCUT2D eigenvalue weighted by atomic mass is 16.6. The second-order valence-electron chi connectivity index (χ2n) is 6.20. The van der Waals surface area contributed by atoms with Crippen LogP contribution in [0.25, 0.3) is 0 Å². The number of nitro groups is 1. The Morgan fingerprint density at radius 1 is 1.08 bits per heavy atom. The van der Waals surface area contributed by atoms with E-state index in [0.29, 0.717) is 12.2 Å². The van der Waals surface area contributed by atoms with Crippen LogP contribution in [0.5, 0.6) is 0 Å². The van der Waals surface area contributed by atoms with Crippen molar-refractivity contribution in [3.05, 3.63) is 64.2 Å². The van der Waals surface area contributed by atoms with Crippen molar-refractivity contribution in [1.82, 2.24) is 0 Å². The third-order valence-electron chi connectivity index (χ3n) is 4.52. The van der Waals surface area contributed by atoms with Gasteiger partial charge in [0, 0.05) is 35.8 Å². The zero-order chi connectivity index (χ0) is 16.9. The van der Waals surface area contributed by atoms with Crippen LogP contribution in [-0.2, 0) is 11.2 Å². The highest BCUT2D eigenvalue weighted by molar-refractivity contribution is 5.82. The second-order valence-corrected chi connectivity index (χ2v) is 6.20. The fraction of sp³-hybridized carbons (Fsp3) is 0.316. The van der Waals surface area contributed by atoms with Crippen molar-refractivity contribution < 1.29 is 9.72 Å². The van der Waals surface area contributed by atoms with Crippen molar-refractivity contribution in [2.75, 3.05) is 5.32 Å². The molecular formula is C19H20N2O3. The first-order chi connectivity index (χ1) is 11.6. The van der Waals surface area contributed by atoms with Gasteiger partial charge in [-0.15, -0.1) is 0 Å². The summed E-state index contributed by atoms with van der Waals surface area (Å²) in [7, 11) is 0. The zero-order valence-electron chi connectivity index (χ0n) is 13.4. The average Bonchev–Trinajstić information content (AvgIpc) is 2.59. The number of rotatable bonds is 5. The van der Waals surface area contributed by atoms with Crippen LogP contribution < -0.4 is 5.32 Å². The van der Waals surface area contributed by atoms with Crippen LogP contribution >= 0.6 is 0 Å². The summed E-state index contributed by atoms with van der Waals surface area (Å²) in [6, 6.07) is 14.3. The predicted octanol–water partition coefficient (Wildman–Crippen LogP) is 4.64. The Balaban J connectivity index is 1.76. The molecule has 2 aromatic rings. The Morgan fingerprint density at radius 2 is 1.83 bits per heavy atom. The van der Waals surface area contributed by atoms with E-state index >= 15 is 0 Å². The lowest BCUT2D eigenvalue weighted by Gasteiger charge is -2.22. The number of nitrogens with one attached hydrogen (secondary N) is 1. The summed E-state index contributed by atoms with van der Waals surface area (Å²) >= 11 is 0. The van der Waals surface area contributed by atoms with Crippen LogP contribution in [0.4, 0.5) is 17.1 Å². The van der Waals surface area contributed by atoms with E-state index in [0.717, 1.165) is 42.6 Å². The van der Waals surface area contributed by atoms with Crippen LogP contribution in [0.1, 0.15) is 31.2 Å². The lowest BCUT2D eigenvalue weighted by atomic mass is 9.83. The van der Waals surface area contributed by atoms with Gasteiger partial charge in [-0.2, -0.15) is 0 Å². The molecule has 1 aliphatic carbocycles. The molecule has 0 bridgehead atoms. The quantitative estimate of drug-likeness (QED) is 0.642. The Kier molecular flexibility index (Phi) is 4.89. The lowest BCUT2D eigenvalue weighted by Crippen LogP contribution is -2.21. The van der Waals surface area contributed by atoms with Gasteiger partial charge in [-0.25, -0.2) is 0 Å². The SMILES string of the molecule is O=C1CCCCC1Cc1ccccc1Nc1ccc([N+](=O)[O-])cc1. The van der Waals surface area contributed by atoms with Crippen molar-refractivity contribution in [3.8, 4) is 0 Å². The summed E-state index contributed by atoms with van der Waals surface area (Å²) < 4.78 is 0. The topological polar surface area (TPSA) is 72.2 Å². The maximum absolute atomic E-state index is 12.1. The number of para-hydroxylation sites is 1. The van der Waals surface area contributed by atoms with Crippen LogP contribution in [0.2, 0.25) is 0 Å². The Hall–Kier alpha value is -2.69. The van der Waals surface area contributed by atoms with Gasteiger partial charge in [0.1, 0.15) is 5.78 Å². The van der Waals surface area contributed by atoms with E-state index in [-0.39, 0.29) is 11.6 Å². The number of ketones is 1.